The van der Waals surface area contributed by atoms with Crippen molar-refractivity contribution in [3.8, 4) is 5.75 Å². The summed E-state index contributed by atoms with van der Waals surface area (Å²) in [6, 6.07) is 6.39. The van der Waals surface area contributed by atoms with Crippen molar-refractivity contribution in [1.29, 1.82) is 0 Å². The molecule has 0 heterocycles. The lowest BCUT2D eigenvalue weighted by molar-refractivity contribution is -0.153. The zero-order valence-corrected chi connectivity index (χ0v) is 14.4. The van der Waals surface area contributed by atoms with E-state index in [1.54, 1.807) is 26.3 Å². The van der Waals surface area contributed by atoms with Crippen LogP contribution in [0.25, 0.3) is 0 Å². The van der Waals surface area contributed by atoms with Crippen LogP contribution in [0.3, 0.4) is 0 Å². The molecule has 0 fully saturated rings. The fourth-order valence-corrected chi connectivity index (χ4v) is 1.76. The Morgan fingerprint density at radius 3 is 2.40 bits per heavy atom. The van der Waals surface area contributed by atoms with E-state index < -0.39 is 12.8 Å². The number of halogens is 3. The number of hydrogen-bond donors (Lipinski definition) is 2. The van der Waals surface area contributed by atoms with Gasteiger partial charge in [-0.15, -0.1) is 0 Å². The van der Waals surface area contributed by atoms with Crippen molar-refractivity contribution >= 4 is 5.96 Å². The SMILES string of the molecule is CN=C(NCCOCCOC)NCc1ccc(OCC(F)(F)F)cc1. The molecule has 0 saturated heterocycles. The molecule has 0 saturated carbocycles. The molecule has 2 N–H and O–H groups in total. The molecule has 0 atom stereocenters. The molecule has 0 aromatic heterocycles. The maximum absolute atomic E-state index is 12.1. The van der Waals surface area contributed by atoms with Crippen LogP contribution in [0.1, 0.15) is 5.56 Å². The van der Waals surface area contributed by atoms with Crippen LogP contribution in [0.5, 0.6) is 5.75 Å². The van der Waals surface area contributed by atoms with E-state index in [4.69, 9.17) is 9.47 Å². The number of hydrogen-bond acceptors (Lipinski definition) is 4. The predicted octanol–water partition coefficient (Wildman–Crippen LogP) is 1.96. The van der Waals surface area contributed by atoms with Crippen molar-refractivity contribution in [2.75, 3.05) is 47.1 Å². The number of aliphatic imine (C=N–C) groups is 1. The number of alkyl halides is 3. The van der Waals surface area contributed by atoms with Crippen LogP contribution in [0.4, 0.5) is 13.2 Å². The van der Waals surface area contributed by atoms with Crippen LogP contribution in [-0.4, -0.2) is 59.3 Å². The molecule has 0 bridgehead atoms. The Labute approximate surface area is 145 Å². The molecular weight excluding hydrogens is 339 g/mol. The average Bonchev–Trinajstić information content (AvgIpc) is 2.59. The van der Waals surface area contributed by atoms with Gasteiger partial charge in [0.25, 0.3) is 0 Å². The molecule has 0 amide bonds. The van der Waals surface area contributed by atoms with E-state index in [0.29, 0.717) is 38.9 Å². The quantitative estimate of drug-likeness (QED) is 0.378. The third kappa shape index (κ3) is 10.5. The average molecular weight is 363 g/mol. The minimum atomic E-state index is -4.34. The Balaban J connectivity index is 2.28. The number of guanidine groups is 1. The summed E-state index contributed by atoms with van der Waals surface area (Å²) in [6.07, 6.45) is -4.34. The summed E-state index contributed by atoms with van der Waals surface area (Å²) in [6.45, 7) is 1.38. The summed E-state index contributed by atoms with van der Waals surface area (Å²) >= 11 is 0. The van der Waals surface area contributed by atoms with E-state index in [0.717, 1.165) is 5.56 Å². The fraction of sp³-hybridized carbons (Fsp3) is 0.562. The van der Waals surface area contributed by atoms with Crippen molar-refractivity contribution < 1.29 is 27.4 Å². The van der Waals surface area contributed by atoms with Crippen molar-refractivity contribution in [1.82, 2.24) is 10.6 Å². The molecule has 9 heteroatoms. The molecular formula is C16H24F3N3O3. The number of nitrogens with one attached hydrogen (secondary N) is 2. The largest absolute Gasteiger partial charge is 0.484 e. The molecule has 1 rings (SSSR count). The van der Waals surface area contributed by atoms with E-state index in [2.05, 4.69) is 20.4 Å². The third-order valence-electron chi connectivity index (χ3n) is 2.98. The zero-order chi connectivity index (χ0) is 18.5. The van der Waals surface area contributed by atoms with Gasteiger partial charge >= 0.3 is 6.18 Å². The molecule has 1 aromatic carbocycles. The van der Waals surface area contributed by atoms with E-state index >= 15 is 0 Å². The highest BCUT2D eigenvalue weighted by Crippen LogP contribution is 2.18. The topological polar surface area (TPSA) is 64.1 Å². The molecule has 0 aliphatic carbocycles. The molecule has 0 aliphatic rings. The summed E-state index contributed by atoms with van der Waals surface area (Å²) < 4.78 is 51.1. The van der Waals surface area contributed by atoms with Gasteiger partial charge in [0.2, 0.25) is 0 Å². The highest BCUT2D eigenvalue weighted by molar-refractivity contribution is 5.79. The van der Waals surface area contributed by atoms with Crippen molar-refractivity contribution in [3.63, 3.8) is 0 Å². The van der Waals surface area contributed by atoms with Crippen molar-refractivity contribution in [2.24, 2.45) is 4.99 Å². The maximum Gasteiger partial charge on any atom is 0.422 e. The smallest absolute Gasteiger partial charge is 0.422 e. The molecule has 0 unspecified atom stereocenters. The van der Waals surface area contributed by atoms with E-state index in [-0.39, 0.29) is 5.75 Å². The minimum Gasteiger partial charge on any atom is -0.484 e. The van der Waals surface area contributed by atoms with Gasteiger partial charge in [-0.1, -0.05) is 12.1 Å². The predicted molar refractivity (Wildman–Crippen MR) is 88.9 cm³/mol. The van der Waals surface area contributed by atoms with E-state index in [1.807, 2.05) is 0 Å². The second-order valence-corrected chi connectivity index (χ2v) is 5.01. The Bertz CT molecular complexity index is 508. The van der Waals surface area contributed by atoms with Gasteiger partial charge in [-0.3, -0.25) is 4.99 Å². The van der Waals surface area contributed by atoms with Gasteiger partial charge in [0.05, 0.1) is 19.8 Å². The molecule has 0 aliphatic heterocycles. The monoisotopic (exact) mass is 363 g/mol. The van der Waals surface area contributed by atoms with Crippen LogP contribution < -0.4 is 15.4 Å². The lowest BCUT2D eigenvalue weighted by atomic mass is 10.2. The Morgan fingerprint density at radius 1 is 1.08 bits per heavy atom. The highest BCUT2D eigenvalue weighted by Gasteiger charge is 2.28. The first kappa shape index (κ1) is 21.0. The maximum atomic E-state index is 12.1. The second-order valence-electron chi connectivity index (χ2n) is 5.01. The van der Waals surface area contributed by atoms with Gasteiger partial charge in [0, 0.05) is 27.2 Å². The summed E-state index contributed by atoms with van der Waals surface area (Å²) in [4.78, 5) is 4.08. The number of nitrogens with zero attached hydrogens (tertiary/aromatic N) is 1. The summed E-state index contributed by atoms with van der Waals surface area (Å²) in [5.41, 5.74) is 0.888. The van der Waals surface area contributed by atoms with Gasteiger partial charge in [-0.25, -0.2) is 0 Å². The van der Waals surface area contributed by atoms with Gasteiger partial charge in [0.15, 0.2) is 12.6 Å². The van der Waals surface area contributed by atoms with Gasteiger partial charge in [0.1, 0.15) is 5.75 Å². The van der Waals surface area contributed by atoms with Gasteiger partial charge in [-0.2, -0.15) is 13.2 Å². The van der Waals surface area contributed by atoms with Crippen molar-refractivity contribution in [2.45, 2.75) is 12.7 Å². The third-order valence-corrected chi connectivity index (χ3v) is 2.98. The molecule has 6 nitrogen and oxygen atoms in total. The first-order valence-corrected chi connectivity index (χ1v) is 7.74. The standard InChI is InChI=1S/C16H24F3N3O3/c1-20-15(21-7-8-24-10-9-23-2)22-11-13-3-5-14(6-4-13)25-12-16(17,18)19/h3-6H,7-12H2,1-2H3,(H2,20,21,22). The number of benzene rings is 1. The first-order valence-electron chi connectivity index (χ1n) is 7.74. The van der Waals surface area contributed by atoms with Crippen LogP contribution in [0.2, 0.25) is 0 Å². The Morgan fingerprint density at radius 2 is 1.80 bits per heavy atom. The Kier molecular flexibility index (Phi) is 9.71. The van der Waals surface area contributed by atoms with Crippen LogP contribution in [0, 0.1) is 0 Å². The summed E-state index contributed by atoms with van der Waals surface area (Å²) in [5, 5.41) is 6.19. The normalized spacial score (nSPS) is 12.1. The van der Waals surface area contributed by atoms with Crippen LogP contribution in [0.15, 0.2) is 29.3 Å². The second kappa shape index (κ2) is 11.5. The highest BCUT2D eigenvalue weighted by atomic mass is 19.4. The lowest BCUT2D eigenvalue weighted by Crippen LogP contribution is -2.38. The molecule has 142 valence electrons. The summed E-state index contributed by atoms with van der Waals surface area (Å²) in [7, 11) is 3.26. The number of ether oxygens (including phenoxy) is 3. The van der Waals surface area contributed by atoms with Crippen molar-refractivity contribution in [3.05, 3.63) is 29.8 Å². The number of rotatable bonds is 10. The zero-order valence-electron chi connectivity index (χ0n) is 14.4. The number of methoxy groups -OCH3 is 1. The minimum absolute atomic E-state index is 0.178. The molecule has 1 aromatic rings. The van der Waals surface area contributed by atoms with E-state index in [1.165, 1.54) is 12.1 Å². The fourth-order valence-electron chi connectivity index (χ4n) is 1.76. The molecule has 0 radical (unpaired) electrons. The first-order chi connectivity index (χ1) is 11.9. The van der Waals surface area contributed by atoms with E-state index in [9.17, 15) is 13.2 Å². The lowest BCUT2D eigenvalue weighted by Gasteiger charge is -2.13. The van der Waals surface area contributed by atoms with Gasteiger partial charge in [-0.05, 0) is 17.7 Å². The van der Waals surface area contributed by atoms with Crippen LogP contribution in [-0.2, 0) is 16.0 Å². The summed E-state index contributed by atoms with van der Waals surface area (Å²) in [5.74, 6) is 0.782. The van der Waals surface area contributed by atoms with Gasteiger partial charge < -0.3 is 24.8 Å². The molecule has 0 spiro atoms. The molecule has 25 heavy (non-hydrogen) atoms. The van der Waals surface area contributed by atoms with Crippen LogP contribution >= 0.6 is 0 Å². The Hall–Kier alpha value is -2.00.